The highest BCUT2D eigenvalue weighted by Gasteiger charge is 2.22. The van der Waals surface area contributed by atoms with E-state index in [9.17, 15) is 18.7 Å². The summed E-state index contributed by atoms with van der Waals surface area (Å²) in [7, 11) is 0. The van der Waals surface area contributed by atoms with Crippen LogP contribution in [0.15, 0.2) is 55.1 Å². The molecule has 2 aromatic carbocycles. The summed E-state index contributed by atoms with van der Waals surface area (Å²) in [5, 5.41) is 21.0. The SMILES string of the molecule is CCc1cccc(CNCC(O)C(Cc2cc(F)cc(F)c2)NC(=O)CCCCn2cncn2)c1. The Morgan fingerprint density at radius 3 is 2.57 bits per heavy atom. The van der Waals surface area contributed by atoms with Gasteiger partial charge in [-0.15, -0.1) is 0 Å². The van der Waals surface area contributed by atoms with E-state index in [1.54, 1.807) is 11.0 Å². The Balaban J connectivity index is 1.55. The van der Waals surface area contributed by atoms with Gasteiger partial charge >= 0.3 is 0 Å². The quantitative estimate of drug-likeness (QED) is 0.305. The number of halogens is 2. The predicted molar refractivity (Wildman–Crippen MR) is 129 cm³/mol. The summed E-state index contributed by atoms with van der Waals surface area (Å²) >= 11 is 0. The van der Waals surface area contributed by atoms with Crippen molar-refractivity contribution in [3.63, 3.8) is 0 Å². The van der Waals surface area contributed by atoms with Crippen LogP contribution in [0.5, 0.6) is 0 Å². The zero-order valence-electron chi connectivity index (χ0n) is 20.0. The molecule has 0 saturated heterocycles. The van der Waals surface area contributed by atoms with Crippen molar-refractivity contribution in [3.05, 3.63) is 83.4 Å². The largest absolute Gasteiger partial charge is 0.390 e. The Kier molecular flexibility index (Phi) is 10.3. The Morgan fingerprint density at radius 2 is 1.86 bits per heavy atom. The number of nitrogens with one attached hydrogen (secondary N) is 2. The molecule has 3 rings (SSSR count). The van der Waals surface area contributed by atoms with Crippen molar-refractivity contribution in [2.24, 2.45) is 0 Å². The number of benzene rings is 2. The van der Waals surface area contributed by atoms with Crippen molar-refractivity contribution in [1.29, 1.82) is 0 Å². The minimum atomic E-state index is -0.949. The van der Waals surface area contributed by atoms with Crippen LogP contribution in [0.2, 0.25) is 0 Å². The van der Waals surface area contributed by atoms with Crippen molar-refractivity contribution in [1.82, 2.24) is 25.4 Å². The molecule has 0 spiro atoms. The maximum atomic E-state index is 13.7. The molecule has 0 aliphatic rings. The highest BCUT2D eigenvalue weighted by Crippen LogP contribution is 2.13. The first-order valence-corrected chi connectivity index (χ1v) is 12.0. The van der Waals surface area contributed by atoms with E-state index >= 15 is 0 Å². The highest BCUT2D eigenvalue weighted by molar-refractivity contribution is 5.76. The van der Waals surface area contributed by atoms with E-state index in [0.29, 0.717) is 25.1 Å². The van der Waals surface area contributed by atoms with Gasteiger partial charge in [-0.05, 0) is 54.5 Å². The van der Waals surface area contributed by atoms with Crippen LogP contribution in [0.3, 0.4) is 0 Å². The molecule has 0 saturated carbocycles. The molecule has 188 valence electrons. The van der Waals surface area contributed by atoms with Crippen LogP contribution >= 0.6 is 0 Å². The normalized spacial score (nSPS) is 12.9. The Morgan fingerprint density at radius 1 is 1.09 bits per heavy atom. The fourth-order valence-electron chi connectivity index (χ4n) is 3.92. The molecule has 1 amide bonds. The second-order valence-electron chi connectivity index (χ2n) is 8.64. The van der Waals surface area contributed by atoms with Crippen molar-refractivity contribution in [3.8, 4) is 0 Å². The summed E-state index contributed by atoms with van der Waals surface area (Å²) in [4.78, 5) is 16.5. The van der Waals surface area contributed by atoms with E-state index in [2.05, 4.69) is 39.8 Å². The van der Waals surface area contributed by atoms with Gasteiger partial charge in [0.25, 0.3) is 0 Å². The number of unbranched alkanes of at least 4 members (excludes halogenated alkanes) is 1. The third-order valence-corrected chi connectivity index (χ3v) is 5.78. The minimum absolute atomic E-state index is 0.105. The maximum Gasteiger partial charge on any atom is 0.220 e. The number of aromatic nitrogens is 3. The fraction of sp³-hybridized carbons (Fsp3) is 0.423. The Labute approximate surface area is 204 Å². The van der Waals surface area contributed by atoms with Gasteiger partial charge < -0.3 is 15.7 Å². The minimum Gasteiger partial charge on any atom is -0.390 e. The van der Waals surface area contributed by atoms with Gasteiger partial charge in [0.05, 0.1) is 12.1 Å². The molecule has 0 aliphatic heterocycles. The van der Waals surface area contributed by atoms with Gasteiger partial charge in [-0.1, -0.05) is 31.2 Å². The molecule has 1 heterocycles. The summed E-state index contributed by atoms with van der Waals surface area (Å²) in [5.41, 5.74) is 2.69. The third-order valence-electron chi connectivity index (χ3n) is 5.78. The van der Waals surface area contributed by atoms with Crippen LogP contribution in [0.4, 0.5) is 8.78 Å². The molecular formula is C26H33F2N5O2. The van der Waals surface area contributed by atoms with E-state index in [1.807, 2.05) is 12.1 Å². The van der Waals surface area contributed by atoms with E-state index < -0.39 is 23.8 Å². The molecule has 0 radical (unpaired) electrons. The van der Waals surface area contributed by atoms with Crippen molar-refractivity contribution < 1.29 is 18.7 Å². The lowest BCUT2D eigenvalue weighted by atomic mass is 10.00. The summed E-state index contributed by atoms with van der Waals surface area (Å²) < 4.78 is 29.1. The van der Waals surface area contributed by atoms with Crippen LogP contribution in [0.1, 0.15) is 42.9 Å². The second-order valence-corrected chi connectivity index (χ2v) is 8.64. The first-order chi connectivity index (χ1) is 16.9. The van der Waals surface area contributed by atoms with E-state index in [0.717, 1.165) is 24.5 Å². The number of hydrogen-bond donors (Lipinski definition) is 3. The summed E-state index contributed by atoms with van der Waals surface area (Å²) in [6.07, 6.45) is 4.83. The van der Waals surface area contributed by atoms with E-state index in [4.69, 9.17) is 0 Å². The number of hydrogen-bond acceptors (Lipinski definition) is 5. The smallest absolute Gasteiger partial charge is 0.220 e. The molecule has 2 atom stereocenters. The highest BCUT2D eigenvalue weighted by atomic mass is 19.1. The molecule has 9 heteroatoms. The summed E-state index contributed by atoms with van der Waals surface area (Å²) in [6.45, 7) is 3.52. The molecule has 0 fully saturated rings. The van der Waals surface area contributed by atoms with Gasteiger partial charge in [0.2, 0.25) is 5.91 Å². The van der Waals surface area contributed by atoms with Crippen LogP contribution in [-0.4, -0.2) is 44.5 Å². The van der Waals surface area contributed by atoms with Gasteiger partial charge in [-0.2, -0.15) is 5.10 Å². The molecule has 0 bridgehead atoms. The average molecular weight is 486 g/mol. The van der Waals surface area contributed by atoms with Crippen LogP contribution in [0, 0.1) is 11.6 Å². The van der Waals surface area contributed by atoms with Crippen LogP contribution in [-0.2, 0) is 30.7 Å². The van der Waals surface area contributed by atoms with Gasteiger partial charge in [-0.3, -0.25) is 9.48 Å². The lowest BCUT2D eigenvalue weighted by molar-refractivity contribution is -0.122. The number of aryl methyl sites for hydroxylation is 2. The molecular weight excluding hydrogens is 452 g/mol. The molecule has 1 aromatic heterocycles. The molecule has 7 nitrogen and oxygen atoms in total. The van der Waals surface area contributed by atoms with E-state index in [1.165, 1.54) is 24.0 Å². The lowest BCUT2D eigenvalue weighted by Crippen LogP contribution is -2.48. The summed E-state index contributed by atoms with van der Waals surface area (Å²) in [6, 6.07) is 10.7. The standard InChI is InChI=1S/C26H33F2N5O2/c1-2-19-6-5-7-20(10-19)15-29-16-25(34)24(13-21-11-22(27)14-23(28)12-21)32-26(35)8-3-4-9-33-18-30-17-31-33/h5-7,10-12,14,17-18,24-25,29,34H,2-4,8-9,13,15-16H2,1H3,(H,32,35). The lowest BCUT2D eigenvalue weighted by Gasteiger charge is -2.25. The molecule has 3 N–H and O–H groups in total. The van der Waals surface area contributed by atoms with Crippen LogP contribution in [0.25, 0.3) is 0 Å². The Bertz CT molecular complexity index is 1040. The third kappa shape index (κ3) is 9.18. The van der Waals surface area contributed by atoms with Crippen molar-refractivity contribution in [2.45, 2.75) is 64.3 Å². The first kappa shape index (κ1) is 26.4. The number of aliphatic hydroxyl groups is 1. The van der Waals surface area contributed by atoms with Gasteiger partial charge in [0, 0.05) is 32.1 Å². The number of rotatable bonds is 14. The van der Waals surface area contributed by atoms with E-state index in [-0.39, 0.29) is 25.3 Å². The van der Waals surface area contributed by atoms with Crippen LogP contribution < -0.4 is 10.6 Å². The topological polar surface area (TPSA) is 92.1 Å². The average Bonchev–Trinajstić information content (AvgIpc) is 3.34. The molecule has 35 heavy (non-hydrogen) atoms. The number of aliphatic hydroxyl groups excluding tert-OH is 1. The molecule has 3 aromatic rings. The second kappa shape index (κ2) is 13.7. The van der Waals surface area contributed by atoms with Crippen molar-refractivity contribution >= 4 is 5.91 Å². The number of nitrogens with zero attached hydrogens (tertiary/aromatic N) is 3. The van der Waals surface area contributed by atoms with Crippen molar-refractivity contribution in [2.75, 3.05) is 6.54 Å². The Hall–Kier alpha value is -3.17. The number of amides is 1. The number of carbonyl (C=O) groups excluding carboxylic acids is 1. The number of carbonyl (C=O) groups is 1. The zero-order chi connectivity index (χ0) is 25.0. The van der Waals surface area contributed by atoms with Gasteiger partial charge in [0.1, 0.15) is 24.3 Å². The first-order valence-electron chi connectivity index (χ1n) is 12.0. The van der Waals surface area contributed by atoms with Gasteiger partial charge in [0.15, 0.2) is 0 Å². The maximum absolute atomic E-state index is 13.7. The molecule has 0 aliphatic carbocycles. The van der Waals surface area contributed by atoms with Gasteiger partial charge in [-0.25, -0.2) is 13.8 Å². The zero-order valence-corrected chi connectivity index (χ0v) is 20.0. The monoisotopic (exact) mass is 485 g/mol. The summed E-state index contributed by atoms with van der Waals surface area (Å²) in [5.74, 6) is -1.61. The molecule has 2 unspecified atom stereocenters. The predicted octanol–water partition coefficient (Wildman–Crippen LogP) is 3.17. The fourth-order valence-corrected chi connectivity index (χ4v) is 3.92.